The quantitative estimate of drug-likeness (QED) is 0.886. The molecule has 0 spiro atoms. The van der Waals surface area contributed by atoms with Crippen molar-refractivity contribution in [3.63, 3.8) is 0 Å². The first kappa shape index (κ1) is 15.3. The van der Waals surface area contributed by atoms with E-state index in [1.807, 2.05) is 13.8 Å². The van der Waals surface area contributed by atoms with Gasteiger partial charge in [0.2, 0.25) is 0 Å². The molecule has 3 rings (SSSR count). The number of hydrogen-bond donors (Lipinski definition) is 1. The second-order valence-corrected chi connectivity index (χ2v) is 5.97. The maximum atomic E-state index is 13.4. The summed E-state index contributed by atoms with van der Waals surface area (Å²) in [6.45, 7) is 3.88. The summed E-state index contributed by atoms with van der Waals surface area (Å²) in [7, 11) is 0. The van der Waals surface area contributed by atoms with E-state index < -0.39 is 6.10 Å². The highest BCUT2D eigenvalue weighted by molar-refractivity contribution is 6.01. The minimum atomic E-state index is -0.671. The summed E-state index contributed by atoms with van der Waals surface area (Å²) in [5.74, 6) is 0.163. The van der Waals surface area contributed by atoms with E-state index >= 15 is 0 Å². The summed E-state index contributed by atoms with van der Waals surface area (Å²) >= 11 is 0. The molecule has 0 radical (unpaired) electrons. The van der Waals surface area contributed by atoms with Crippen molar-refractivity contribution in [3.05, 3.63) is 53.8 Å². The van der Waals surface area contributed by atoms with Crippen LogP contribution in [0.4, 0.5) is 15.8 Å². The van der Waals surface area contributed by atoms with Gasteiger partial charge in [-0.05, 0) is 49.7 Å². The Balaban J connectivity index is 1.95. The molecule has 0 aromatic heterocycles. The zero-order valence-corrected chi connectivity index (χ0v) is 13.1. The third-order valence-corrected chi connectivity index (χ3v) is 3.85. The second kappa shape index (κ2) is 5.91. The smallest absolute Gasteiger partial charge is 0.268 e. The molecule has 5 heteroatoms. The number of halogens is 1. The first-order valence-electron chi connectivity index (χ1n) is 7.59. The average Bonchev–Trinajstić information content (AvgIpc) is 2.48. The van der Waals surface area contributed by atoms with E-state index in [9.17, 15) is 9.18 Å². The van der Waals surface area contributed by atoms with Gasteiger partial charge in [-0.3, -0.25) is 4.79 Å². The normalized spacial score (nSPS) is 17.1. The van der Waals surface area contributed by atoms with Crippen molar-refractivity contribution in [2.75, 3.05) is 10.6 Å². The number of nitrogens with zero attached hydrogens (tertiary/aromatic N) is 1. The number of fused-ring (bicyclic) bond motifs is 1. The molecule has 0 saturated heterocycles. The Morgan fingerprint density at radius 3 is 2.74 bits per heavy atom. The minimum Gasteiger partial charge on any atom is -0.478 e. The van der Waals surface area contributed by atoms with Crippen LogP contribution in [0.5, 0.6) is 5.75 Å². The summed E-state index contributed by atoms with van der Waals surface area (Å²) in [5, 5.41) is 0. The van der Waals surface area contributed by atoms with Gasteiger partial charge in [0.1, 0.15) is 11.6 Å². The minimum absolute atomic E-state index is 0.0260. The highest BCUT2D eigenvalue weighted by atomic mass is 19.1. The molecule has 23 heavy (non-hydrogen) atoms. The molecule has 1 aliphatic heterocycles. The molecule has 1 aliphatic rings. The van der Waals surface area contributed by atoms with Gasteiger partial charge in [-0.1, -0.05) is 12.1 Å². The van der Waals surface area contributed by atoms with Crippen molar-refractivity contribution < 1.29 is 13.9 Å². The number of amides is 1. The fourth-order valence-corrected chi connectivity index (χ4v) is 2.84. The Morgan fingerprint density at radius 2 is 2.04 bits per heavy atom. The standard InChI is InChI=1S/C18H19FN2O2/c1-11(2)21-15-10-14(20)6-7-16(15)23-17(18(21)22)9-12-4-3-5-13(19)8-12/h3-8,10-11,17H,9,20H2,1-2H3. The first-order valence-corrected chi connectivity index (χ1v) is 7.59. The number of carbonyl (C=O) groups is 1. The van der Waals surface area contributed by atoms with Crippen LogP contribution in [0.1, 0.15) is 19.4 Å². The number of carbonyl (C=O) groups excluding carboxylic acids is 1. The van der Waals surface area contributed by atoms with Crippen molar-refractivity contribution in [2.24, 2.45) is 0 Å². The maximum Gasteiger partial charge on any atom is 0.268 e. The van der Waals surface area contributed by atoms with Crippen LogP contribution in [0.2, 0.25) is 0 Å². The molecule has 4 nitrogen and oxygen atoms in total. The Labute approximate surface area is 134 Å². The third-order valence-electron chi connectivity index (χ3n) is 3.85. The van der Waals surface area contributed by atoms with Gasteiger partial charge in [-0.2, -0.15) is 0 Å². The third kappa shape index (κ3) is 2.99. The first-order chi connectivity index (χ1) is 11.0. The number of benzene rings is 2. The molecule has 0 bridgehead atoms. The largest absolute Gasteiger partial charge is 0.478 e. The predicted octanol–water partition coefficient (Wildman–Crippen LogP) is 3.15. The van der Waals surface area contributed by atoms with Crippen molar-refractivity contribution in [1.29, 1.82) is 0 Å². The van der Waals surface area contributed by atoms with Gasteiger partial charge in [-0.15, -0.1) is 0 Å². The van der Waals surface area contributed by atoms with E-state index in [2.05, 4.69) is 0 Å². The molecule has 2 aromatic carbocycles. The number of rotatable bonds is 3. The number of nitrogens with two attached hydrogens (primary N) is 1. The maximum absolute atomic E-state index is 13.4. The second-order valence-electron chi connectivity index (χ2n) is 5.97. The van der Waals surface area contributed by atoms with Crippen molar-refractivity contribution in [2.45, 2.75) is 32.4 Å². The van der Waals surface area contributed by atoms with E-state index in [1.54, 1.807) is 35.2 Å². The molecular weight excluding hydrogens is 295 g/mol. The van der Waals surface area contributed by atoms with Crippen LogP contribution in [0.3, 0.4) is 0 Å². The van der Waals surface area contributed by atoms with Crippen LogP contribution in [0, 0.1) is 5.82 Å². The van der Waals surface area contributed by atoms with Gasteiger partial charge in [0, 0.05) is 18.2 Å². The number of nitrogen functional groups attached to an aromatic ring is 1. The van der Waals surface area contributed by atoms with Crippen LogP contribution in [-0.4, -0.2) is 18.1 Å². The lowest BCUT2D eigenvalue weighted by atomic mass is 10.0. The Kier molecular flexibility index (Phi) is 3.94. The van der Waals surface area contributed by atoms with Gasteiger partial charge in [0.15, 0.2) is 6.10 Å². The van der Waals surface area contributed by atoms with Gasteiger partial charge in [0.05, 0.1) is 5.69 Å². The van der Waals surface area contributed by atoms with Gasteiger partial charge in [-0.25, -0.2) is 4.39 Å². The molecule has 2 N–H and O–H groups in total. The highest BCUT2D eigenvalue weighted by Crippen LogP contribution is 2.37. The molecule has 0 fully saturated rings. The highest BCUT2D eigenvalue weighted by Gasteiger charge is 2.36. The Morgan fingerprint density at radius 1 is 1.26 bits per heavy atom. The molecule has 1 atom stereocenters. The van der Waals surface area contributed by atoms with Crippen LogP contribution in [0.25, 0.3) is 0 Å². The lowest BCUT2D eigenvalue weighted by molar-refractivity contribution is -0.126. The molecule has 120 valence electrons. The molecule has 0 aliphatic carbocycles. The Bertz CT molecular complexity index is 746. The summed E-state index contributed by atoms with van der Waals surface area (Å²) in [6.07, 6.45) is -0.348. The van der Waals surface area contributed by atoms with E-state index in [0.717, 1.165) is 5.56 Å². The van der Waals surface area contributed by atoms with Gasteiger partial charge >= 0.3 is 0 Å². The molecule has 0 saturated carbocycles. The molecule has 1 amide bonds. The average molecular weight is 314 g/mol. The van der Waals surface area contributed by atoms with Crippen LogP contribution in [-0.2, 0) is 11.2 Å². The molecule has 1 unspecified atom stereocenters. The topological polar surface area (TPSA) is 55.6 Å². The monoisotopic (exact) mass is 314 g/mol. The van der Waals surface area contributed by atoms with E-state index in [-0.39, 0.29) is 17.8 Å². The molecule has 2 aromatic rings. The predicted molar refractivity (Wildman–Crippen MR) is 88.0 cm³/mol. The zero-order valence-electron chi connectivity index (χ0n) is 13.1. The van der Waals surface area contributed by atoms with Crippen molar-refractivity contribution >= 4 is 17.3 Å². The Hall–Kier alpha value is -2.56. The SMILES string of the molecule is CC(C)N1C(=O)C(Cc2cccc(F)c2)Oc2ccc(N)cc21. The summed E-state index contributed by atoms with van der Waals surface area (Å²) < 4.78 is 19.2. The fraction of sp³-hybridized carbons (Fsp3) is 0.278. The van der Waals surface area contributed by atoms with E-state index in [0.29, 0.717) is 23.5 Å². The lowest BCUT2D eigenvalue weighted by Crippen LogP contribution is -2.50. The number of ether oxygens (including phenoxy) is 1. The van der Waals surface area contributed by atoms with Crippen LogP contribution >= 0.6 is 0 Å². The van der Waals surface area contributed by atoms with Gasteiger partial charge < -0.3 is 15.4 Å². The van der Waals surface area contributed by atoms with E-state index in [1.165, 1.54) is 12.1 Å². The number of hydrogen-bond acceptors (Lipinski definition) is 3. The summed E-state index contributed by atoms with van der Waals surface area (Å²) in [5.41, 5.74) is 7.82. The molecule has 1 heterocycles. The number of anilines is 2. The van der Waals surface area contributed by atoms with Crippen LogP contribution < -0.4 is 15.4 Å². The van der Waals surface area contributed by atoms with E-state index in [4.69, 9.17) is 10.5 Å². The van der Waals surface area contributed by atoms with Gasteiger partial charge in [0.25, 0.3) is 5.91 Å². The molecular formula is C18H19FN2O2. The zero-order chi connectivity index (χ0) is 16.6. The lowest BCUT2D eigenvalue weighted by Gasteiger charge is -2.37. The fourth-order valence-electron chi connectivity index (χ4n) is 2.84. The van der Waals surface area contributed by atoms with Crippen molar-refractivity contribution in [1.82, 2.24) is 0 Å². The van der Waals surface area contributed by atoms with Crippen LogP contribution in [0.15, 0.2) is 42.5 Å². The van der Waals surface area contributed by atoms with Crippen molar-refractivity contribution in [3.8, 4) is 5.75 Å². The summed E-state index contributed by atoms with van der Waals surface area (Å²) in [6, 6.07) is 11.5. The summed E-state index contributed by atoms with van der Waals surface area (Å²) in [4.78, 5) is 14.5.